The Labute approximate surface area is 85.5 Å². The van der Waals surface area contributed by atoms with Crippen LogP contribution in [0, 0.1) is 6.92 Å². The van der Waals surface area contributed by atoms with Crippen molar-refractivity contribution in [2.75, 3.05) is 6.54 Å². The van der Waals surface area contributed by atoms with Crippen molar-refractivity contribution in [3.05, 3.63) is 17.0 Å². The number of nitrogens with one attached hydrogen (secondary N) is 1. The van der Waals surface area contributed by atoms with Gasteiger partial charge in [0, 0.05) is 18.6 Å². The summed E-state index contributed by atoms with van der Waals surface area (Å²) in [6.45, 7) is 11.0. The van der Waals surface area contributed by atoms with Crippen molar-refractivity contribution < 1.29 is 0 Å². The van der Waals surface area contributed by atoms with Gasteiger partial charge >= 0.3 is 0 Å². The fourth-order valence-corrected chi connectivity index (χ4v) is 2.06. The first-order valence-corrected chi connectivity index (χ1v) is 5.26. The zero-order valence-corrected chi connectivity index (χ0v) is 9.52. The van der Waals surface area contributed by atoms with E-state index in [0.717, 1.165) is 19.5 Å². The Morgan fingerprint density at radius 1 is 1.36 bits per heavy atom. The van der Waals surface area contributed by atoms with Gasteiger partial charge in [0.1, 0.15) is 0 Å². The van der Waals surface area contributed by atoms with Gasteiger partial charge in [0.25, 0.3) is 0 Å². The lowest BCUT2D eigenvalue weighted by Crippen LogP contribution is -2.44. The molecule has 3 heteroatoms. The highest BCUT2D eigenvalue weighted by Crippen LogP contribution is 2.24. The van der Waals surface area contributed by atoms with Gasteiger partial charge in [0.05, 0.1) is 11.4 Å². The fraction of sp³-hybridized carbons (Fsp3) is 0.727. The number of nitrogens with zero attached hydrogens (tertiary/aromatic N) is 2. The summed E-state index contributed by atoms with van der Waals surface area (Å²) in [5, 5.41) is 7.40. The minimum absolute atomic E-state index is 0.261. The van der Waals surface area contributed by atoms with Gasteiger partial charge in [-0.2, -0.15) is 5.10 Å². The zero-order chi connectivity index (χ0) is 10.3. The third-order valence-corrected chi connectivity index (χ3v) is 3.09. The maximum Gasteiger partial charge on any atom is 0.0627 e. The third kappa shape index (κ3) is 1.57. The second-order valence-corrected chi connectivity index (χ2v) is 5.11. The van der Waals surface area contributed by atoms with Crippen molar-refractivity contribution in [1.29, 1.82) is 0 Å². The first-order valence-electron chi connectivity index (χ1n) is 5.26. The smallest absolute Gasteiger partial charge is 0.0627 e. The number of aromatic nitrogens is 2. The second-order valence-electron chi connectivity index (χ2n) is 5.11. The predicted octanol–water partition coefficient (Wildman–Crippen LogP) is 1.87. The first kappa shape index (κ1) is 9.71. The van der Waals surface area contributed by atoms with Gasteiger partial charge in [-0.25, -0.2) is 0 Å². The van der Waals surface area contributed by atoms with E-state index < -0.39 is 0 Å². The summed E-state index contributed by atoms with van der Waals surface area (Å²) in [6, 6.07) is 0. The van der Waals surface area contributed by atoms with Crippen molar-refractivity contribution in [2.24, 2.45) is 0 Å². The van der Waals surface area contributed by atoms with Crippen molar-refractivity contribution in [3.8, 4) is 0 Å². The molecule has 0 aliphatic carbocycles. The molecule has 0 unspecified atom stereocenters. The van der Waals surface area contributed by atoms with Crippen LogP contribution in [0.25, 0.3) is 0 Å². The number of aryl methyl sites for hydroxylation is 1. The van der Waals surface area contributed by atoms with Gasteiger partial charge in [-0.3, -0.25) is 10.00 Å². The zero-order valence-electron chi connectivity index (χ0n) is 9.52. The van der Waals surface area contributed by atoms with Crippen LogP contribution in [-0.2, 0) is 13.0 Å². The van der Waals surface area contributed by atoms with Gasteiger partial charge in [0.15, 0.2) is 0 Å². The topological polar surface area (TPSA) is 31.9 Å². The second kappa shape index (κ2) is 3.09. The minimum Gasteiger partial charge on any atom is -0.292 e. The normalized spacial score (nSPS) is 18.3. The van der Waals surface area contributed by atoms with Crippen LogP contribution in [-0.4, -0.2) is 27.2 Å². The molecule has 0 saturated carbocycles. The van der Waals surface area contributed by atoms with Crippen molar-refractivity contribution in [2.45, 2.75) is 46.2 Å². The quantitative estimate of drug-likeness (QED) is 0.682. The third-order valence-electron chi connectivity index (χ3n) is 3.09. The molecule has 1 aliphatic rings. The Balaban J connectivity index is 2.22. The summed E-state index contributed by atoms with van der Waals surface area (Å²) in [6.07, 6.45) is 1.13. The minimum atomic E-state index is 0.261. The molecule has 0 atom stereocenters. The molecule has 3 nitrogen and oxygen atoms in total. The monoisotopic (exact) mass is 193 g/mol. The summed E-state index contributed by atoms with van der Waals surface area (Å²) >= 11 is 0. The Hall–Kier alpha value is -0.830. The van der Waals surface area contributed by atoms with Crippen LogP contribution in [0.1, 0.15) is 37.7 Å². The summed E-state index contributed by atoms with van der Waals surface area (Å²) in [5.74, 6) is 0. The molecular formula is C11H19N3. The van der Waals surface area contributed by atoms with Gasteiger partial charge in [-0.05, 0) is 39.7 Å². The molecule has 1 N–H and O–H groups in total. The van der Waals surface area contributed by atoms with E-state index >= 15 is 0 Å². The SMILES string of the molecule is Cc1n[nH]c2c1CCN(C(C)(C)C)C2. The molecule has 0 amide bonds. The standard InChI is InChI=1S/C11H19N3/c1-8-9-5-6-14(11(2,3)4)7-10(9)13-12-8/h5-7H2,1-4H3,(H,12,13). The Kier molecular flexibility index (Phi) is 2.14. The number of fused-ring (bicyclic) bond motifs is 1. The number of rotatable bonds is 0. The van der Waals surface area contributed by atoms with E-state index in [1.807, 2.05) is 0 Å². The molecule has 78 valence electrons. The lowest BCUT2D eigenvalue weighted by molar-refractivity contribution is 0.119. The maximum absolute atomic E-state index is 4.26. The molecule has 2 heterocycles. The van der Waals surface area contributed by atoms with Crippen LogP contribution < -0.4 is 0 Å². The molecule has 14 heavy (non-hydrogen) atoms. The van der Waals surface area contributed by atoms with Crippen LogP contribution in [0.3, 0.4) is 0 Å². The average molecular weight is 193 g/mol. The van der Waals surface area contributed by atoms with Crippen LogP contribution >= 0.6 is 0 Å². The number of hydrogen-bond donors (Lipinski definition) is 1. The molecule has 0 saturated heterocycles. The summed E-state index contributed by atoms with van der Waals surface area (Å²) < 4.78 is 0. The molecule has 1 aromatic heterocycles. The van der Waals surface area contributed by atoms with Crippen LogP contribution in [0.4, 0.5) is 0 Å². The van der Waals surface area contributed by atoms with Crippen molar-refractivity contribution in [3.63, 3.8) is 0 Å². The molecule has 0 spiro atoms. The first-order chi connectivity index (χ1) is 6.48. The Bertz CT molecular complexity index is 333. The molecular weight excluding hydrogens is 174 g/mol. The number of H-pyrrole nitrogens is 1. The van der Waals surface area contributed by atoms with E-state index in [-0.39, 0.29) is 5.54 Å². The van der Waals surface area contributed by atoms with Crippen LogP contribution in [0.5, 0.6) is 0 Å². The molecule has 1 aliphatic heterocycles. The molecule has 0 radical (unpaired) electrons. The van der Waals surface area contributed by atoms with Gasteiger partial charge in [-0.15, -0.1) is 0 Å². The Morgan fingerprint density at radius 3 is 2.71 bits per heavy atom. The van der Waals surface area contributed by atoms with Gasteiger partial charge < -0.3 is 0 Å². The predicted molar refractivity (Wildman–Crippen MR) is 57.2 cm³/mol. The largest absolute Gasteiger partial charge is 0.292 e. The highest BCUT2D eigenvalue weighted by molar-refractivity contribution is 5.26. The van der Waals surface area contributed by atoms with E-state index in [0.29, 0.717) is 0 Å². The van der Waals surface area contributed by atoms with E-state index in [1.165, 1.54) is 17.0 Å². The number of aromatic amines is 1. The van der Waals surface area contributed by atoms with E-state index in [9.17, 15) is 0 Å². The van der Waals surface area contributed by atoms with E-state index in [2.05, 4.69) is 42.8 Å². The maximum atomic E-state index is 4.26. The van der Waals surface area contributed by atoms with Crippen LogP contribution in [0.15, 0.2) is 0 Å². The van der Waals surface area contributed by atoms with Gasteiger partial charge in [-0.1, -0.05) is 0 Å². The fourth-order valence-electron chi connectivity index (χ4n) is 2.06. The summed E-state index contributed by atoms with van der Waals surface area (Å²) in [4.78, 5) is 2.49. The molecule has 2 rings (SSSR count). The summed E-state index contributed by atoms with van der Waals surface area (Å²) in [5.41, 5.74) is 4.18. The summed E-state index contributed by atoms with van der Waals surface area (Å²) in [7, 11) is 0. The highest BCUT2D eigenvalue weighted by atomic mass is 15.2. The Morgan fingerprint density at radius 2 is 2.07 bits per heavy atom. The highest BCUT2D eigenvalue weighted by Gasteiger charge is 2.27. The van der Waals surface area contributed by atoms with Crippen molar-refractivity contribution in [1.82, 2.24) is 15.1 Å². The molecule has 0 bridgehead atoms. The van der Waals surface area contributed by atoms with Crippen molar-refractivity contribution >= 4 is 0 Å². The van der Waals surface area contributed by atoms with Crippen LogP contribution in [0.2, 0.25) is 0 Å². The molecule has 0 fully saturated rings. The molecule has 0 aromatic carbocycles. The average Bonchev–Trinajstić information content (AvgIpc) is 2.46. The van der Waals surface area contributed by atoms with E-state index in [1.54, 1.807) is 0 Å². The lowest BCUT2D eigenvalue weighted by atomic mass is 9.98. The van der Waals surface area contributed by atoms with Gasteiger partial charge in [0.2, 0.25) is 0 Å². The molecule has 1 aromatic rings. The van der Waals surface area contributed by atoms with E-state index in [4.69, 9.17) is 0 Å². The number of hydrogen-bond acceptors (Lipinski definition) is 2. The lowest BCUT2D eigenvalue weighted by Gasteiger charge is -2.38.